The van der Waals surface area contributed by atoms with Gasteiger partial charge in [-0.1, -0.05) is 38.5 Å². The monoisotopic (exact) mass is 414 g/mol. The maximum atomic E-state index is 14.5. The van der Waals surface area contributed by atoms with Gasteiger partial charge in [0.2, 0.25) is 11.4 Å². The van der Waals surface area contributed by atoms with Gasteiger partial charge in [-0.05, 0) is 39.5 Å². The van der Waals surface area contributed by atoms with Crippen LogP contribution >= 0.6 is 0 Å². The molecule has 2 aliphatic carbocycles. The van der Waals surface area contributed by atoms with Gasteiger partial charge in [0, 0.05) is 17.7 Å². The normalized spacial score (nSPS) is 27.5. The van der Waals surface area contributed by atoms with Crippen LogP contribution in [0.1, 0.15) is 78.1 Å². The maximum absolute atomic E-state index is 14.5. The van der Waals surface area contributed by atoms with Gasteiger partial charge < -0.3 is 10.2 Å². The number of halogens is 3. The summed E-state index contributed by atoms with van der Waals surface area (Å²) in [6, 6.07) is -0.374. The first kappa shape index (κ1) is 21.8. The van der Waals surface area contributed by atoms with Gasteiger partial charge in [-0.25, -0.2) is 0 Å². The van der Waals surface area contributed by atoms with E-state index in [4.69, 9.17) is 0 Å². The summed E-state index contributed by atoms with van der Waals surface area (Å²) in [6.45, 7) is 2.42. The van der Waals surface area contributed by atoms with Crippen LogP contribution in [-0.4, -0.2) is 40.3 Å². The number of rotatable bonds is 4. The lowest BCUT2D eigenvalue weighted by molar-refractivity contribution is -0.196. The van der Waals surface area contributed by atoms with Crippen LogP contribution in [0.2, 0.25) is 0 Å². The Morgan fingerprint density at radius 2 is 1.52 bits per heavy atom. The van der Waals surface area contributed by atoms with E-state index in [-0.39, 0.29) is 11.7 Å². The molecule has 2 amide bonds. The molecule has 1 atom stereocenters. The molecule has 1 heterocycles. The molecule has 0 aromatic heterocycles. The number of allylic oxidation sites excluding steroid dienone is 1. The summed E-state index contributed by atoms with van der Waals surface area (Å²) in [4.78, 5) is 39.6. The molecule has 162 valence electrons. The Morgan fingerprint density at radius 1 is 1.00 bits per heavy atom. The van der Waals surface area contributed by atoms with Crippen molar-refractivity contribution in [3.8, 4) is 0 Å². The van der Waals surface area contributed by atoms with E-state index < -0.39 is 40.8 Å². The molecule has 0 aromatic carbocycles. The lowest BCUT2D eigenvalue weighted by Crippen LogP contribution is -2.67. The first-order chi connectivity index (χ1) is 13.6. The zero-order chi connectivity index (χ0) is 21.4. The minimum Gasteiger partial charge on any atom is -0.330 e. The molecule has 0 saturated heterocycles. The summed E-state index contributed by atoms with van der Waals surface area (Å²) < 4.78 is 43.4. The number of carbonyl (C=O) groups excluding carboxylic acids is 3. The number of Topliss-reactive ketones (excluding diaryl/α,β-unsaturated/α-hetero) is 1. The van der Waals surface area contributed by atoms with Crippen LogP contribution in [0.4, 0.5) is 13.2 Å². The Balaban J connectivity index is 2.04. The third kappa shape index (κ3) is 3.70. The molecule has 0 radical (unpaired) electrons. The molecule has 2 saturated carbocycles. The topological polar surface area (TPSA) is 66.5 Å². The third-order valence-corrected chi connectivity index (χ3v) is 6.64. The number of alkyl halides is 3. The Bertz CT molecular complexity index is 719. The minimum absolute atomic E-state index is 0.0238. The molecule has 8 heteroatoms. The lowest BCUT2D eigenvalue weighted by atomic mass is 9.84. The average molecular weight is 414 g/mol. The Hall–Kier alpha value is -1.86. The third-order valence-electron chi connectivity index (χ3n) is 6.64. The summed E-state index contributed by atoms with van der Waals surface area (Å²) in [6.07, 6.45) is 2.19. The van der Waals surface area contributed by atoms with Crippen LogP contribution < -0.4 is 5.32 Å². The van der Waals surface area contributed by atoms with Crippen molar-refractivity contribution >= 4 is 17.6 Å². The van der Waals surface area contributed by atoms with E-state index in [1.807, 2.05) is 5.32 Å². The lowest BCUT2D eigenvalue weighted by Gasteiger charge is -2.37. The van der Waals surface area contributed by atoms with Gasteiger partial charge in [0.25, 0.3) is 5.91 Å². The summed E-state index contributed by atoms with van der Waals surface area (Å²) in [5.74, 6) is -3.42. The van der Waals surface area contributed by atoms with Crippen molar-refractivity contribution in [2.24, 2.45) is 5.92 Å². The van der Waals surface area contributed by atoms with Crippen molar-refractivity contribution in [1.82, 2.24) is 10.2 Å². The Labute approximate surface area is 169 Å². The zero-order valence-corrected chi connectivity index (χ0v) is 17.0. The molecule has 1 N–H and O–H groups in total. The van der Waals surface area contributed by atoms with Gasteiger partial charge >= 0.3 is 6.18 Å². The molecule has 0 spiro atoms. The van der Waals surface area contributed by atoms with E-state index in [0.717, 1.165) is 50.3 Å². The molecule has 0 bridgehead atoms. The second-order valence-electron chi connectivity index (χ2n) is 8.56. The quantitative estimate of drug-likeness (QED) is 0.756. The van der Waals surface area contributed by atoms with E-state index in [1.165, 1.54) is 6.92 Å². The van der Waals surface area contributed by atoms with Crippen LogP contribution in [0.5, 0.6) is 0 Å². The summed E-state index contributed by atoms with van der Waals surface area (Å²) in [7, 11) is 0. The molecule has 0 aromatic rings. The number of nitrogens with zero attached hydrogens (tertiary/aromatic N) is 1. The number of ketones is 1. The fourth-order valence-electron chi connectivity index (χ4n) is 5.23. The molecular weight excluding hydrogens is 385 g/mol. The minimum atomic E-state index is -5.11. The van der Waals surface area contributed by atoms with Gasteiger partial charge in [0.05, 0.1) is 5.57 Å². The van der Waals surface area contributed by atoms with Crippen molar-refractivity contribution in [3.05, 3.63) is 11.3 Å². The predicted molar refractivity (Wildman–Crippen MR) is 101 cm³/mol. The van der Waals surface area contributed by atoms with Gasteiger partial charge in [0.1, 0.15) is 0 Å². The van der Waals surface area contributed by atoms with Crippen LogP contribution in [0.3, 0.4) is 0 Å². The smallest absolute Gasteiger partial charge is 0.330 e. The molecule has 2 fully saturated rings. The first-order valence-corrected chi connectivity index (χ1v) is 10.6. The highest BCUT2D eigenvalue weighted by molar-refractivity contribution is 6.12. The number of amides is 2. The number of hydrogen-bond donors (Lipinski definition) is 1. The number of nitrogens with one attached hydrogen (secondary N) is 1. The molecule has 3 rings (SSSR count). The molecule has 1 aliphatic heterocycles. The van der Waals surface area contributed by atoms with Crippen molar-refractivity contribution in [3.63, 3.8) is 0 Å². The van der Waals surface area contributed by atoms with Crippen molar-refractivity contribution in [1.29, 1.82) is 0 Å². The van der Waals surface area contributed by atoms with E-state index in [9.17, 15) is 27.6 Å². The number of carbonyl (C=O) groups is 3. The molecule has 5 nitrogen and oxygen atoms in total. The van der Waals surface area contributed by atoms with E-state index in [0.29, 0.717) is 25.7 Å². The van der Waals surface area contributed by atoms with Crippen LogP contribution in [-0.2, 0) is 14.4 Å². The zero-order valence-electron chi connectivity index (χ0n) is 17.0. The van der Waals surface area contributed by atoms with E-state index in [2.05, 4.69) is 0 Å². The fourth-order valence-corrected chi connectivity index (χ4v) is 5.23. The van der Waals surface area contributed by atoms with Gasteiger partial charge in [-0.2, -0.15) is 13.2 Å². The van der Waals surface area contributed by atoms with Gasteiger partial charge in [-0.3, -0.25) is 14.4 Å². The molecule has 1 unspecified atom stereocenters. The Kier molecular flexibility index (Phi) is 6.11. The molecule has 3 aliphatic rings. The number of hydrogen-bond acceptors (Lipinski definition) is 3. The second kappa shape index (κ2) is 8.11. The van der Waals surface area contributed by atoms with Crippen molar-refractivity contribution in [2.75, 3.05) is 0 Å². The largest absolute Gasteiger partial charge is 0.425 e. The summed E-state index contributed by atoms with van der Waals surface area (Å²) in [5.41, 5.74) is -3.89. The predicted octanol–water partition coefficient (Wildman–Crippen LogP) is 4.02. The molecule has 29 heavy (non-hydrogen) atoms. The van der Waals surface area contributed by atoms with Crippen molar-refractivity contribution in [2.45, 2.75) is 95.8 Å². The highest BCUT2D eigenvalue weighted by Crippen LogP contribution is 2.47. The van der Waals surface area contributed by atoms with Gasteiger partial charge in [-0.15, -0.1) is 0 Å². The molecular formula is C21H29F3N2O3. The first-order valence-electron chi connectivity index (χ1n) is 10.6. The highest BCUT2D eigenvalue weighted by atomic mass is 19.4. The van der Waals surface area contributed by atoms with E-state index >= 15 is 0 Å². The standard InChI is InChI=1S/C21H29F3N2O3/c1-13-17(14(2)27)20(21(22,23)24,25-18(28)15-9-5-3-6-10-15)19(29)26(13)16-11-7-4-8-12-16/h15-16H,3-12H2,1-2H3,(H,25,28). The van der Waals surface area contributed by atoms with E-state index in [1.54, 1.807) is 0 Å². The van der Waals surface area contributed by atoms with Crippen LogP contribution in [0.15, 0.2) is 11.3 Å². The van der Waals surface area contributed by atoms with Crippen LogP contribution in [0.25, 0.3) is 0 Å². The maximum Gasteiger partial charge on any atom is 0.425 e. The second-order valence-corrected chi connectivity index (χ2v) is 8.56. The van der Waals surface area contributed by atoms with Gasteiger partial charge in [0.15, 0.2) is 5.78 Å². The fraction of sp³-hybridized carbons (Fsp3) is 0.762. The average Bonchev–Trinajstić information content (AvgIpc) is 2.90. The van der Waals surface area contributed by atoms with Crippen molar-refractivity contribution < 1.29 is 27.6 Å². The van der Waals surface area contributed by atoms with Crippen LogP contribution in [0, 0.1) is 5.92 Å². The highest BCUT2D eigenvalue weighted by Gasteiger charge is 2.70. The summed E-state index contributed by atoms with van der Waals surface area (Å²) in [5, 5.41) is 2.05. The summed E-state index contributed by atoms with van der Waals surface area (Å²) >= 11 is 0. The Morgan fingerprint density at radius 3 is 2.00 bits per heavy atom. The SMILES string of the molecule is CC(=O)C1=C(C)N(C2CCCCC2)C(=O)C1(NC(=O)C1CCCCC1)C(F)(F)F.